The van der Waals surface area contributed by atoms with Crippen LogP contribution >= 0.6 is 0 Å². The maximum Gasteiger partial charge on any atom is 0.410 e. The number of nitrogens with zero attached hydrogens (tertiary/aromatic N) is 5. The van der Waals surface area contributed by atoms with Gasteiger partial charge in [-0.3, -0.25) is 9.80 Å². The molecule has 6 heterocycles. The summed E-state index contributed by atoms with van der Waals surface area (Å²) in [6, 6.07) is 2.17. The number of hydrogen-bond acceptors (Lipinski definition) is 7. The van der Waals surface area contributed by atoms with E-state index in [9.17, 15) is 14.4 Å². The number of carbonyl (C=O) groups is 3. The number of likely N-dealkylation sites (tertiary alicyclic amines) is 3. The van der Waals surface area contributed by atoms with Gasteiger partial charge in [0.25, 0.3) is 0 Å². The van der Waals surface area contributed by atoms with Crippen molar-refractivity contribution in [1.82, 2.24) is 40.4 Å². The van der Waals surface area contributed by atoms with Gasteiger partial charge in [0.05, 0.1) is 0 Å². The SMILES string of the molecule is CC(C)(C)OC(=O)N1CCC(C)(N2CCC(N3C(=O)NC[C@H]4CCCC[C@@H]43)CC2)CC1.CC1(N2CCC(N3C(=O)NC[C@H]4CCCC[C@@H]43)CC2)CCNCC1. The van der Waals surface area contributed by atoms with Crippen LogP contribution in [0.15, 0.2) is 0 Å². The standard InChI is InChI=1S/C24H42N4O3.C19H34N4O/c1-23(2,3)31-22(30)26-15-11-24(4,12-16-26)27-13-9-19(10-14-27)28-20-8-6-5-7-18(20)17-25-21(28)29;1-19(8-10-20-11-9-19)22-12-6-16(7-13-22)23-17-5-3-2-4-15(17)14-21-18(23)24/h18-20H,5-17H2,1-4H3,(H,25,29);15-17,20H,2-14H2,1H3,(H,21,24)/t18-,20+;15-,17+/m11/s1. The van der Waals surface area contributed by atoms with E-state index in [-0.39, 0.29) is 23.7 Å². The van der Waals surface area contributed by atoms with Gasteiger partial charge in [0.15, 0.2) is 0 Å². The minimum Gasteiger partial charge on any atom is -0.444 e. The van der Waals surface area contributed by atoms with Gasteiger partial charge in [-0.1, -0.05) is 25.7 Å². The summed E-state index contributed by atoms with van der Waals surface area (Å²) in [6.07, 6.45) is 18.9. The monoisotopic (exact) mass is 769 g/mol. The van der Waals surface area contributed by atoms with Crippen LogP contribution in [-0.2, 0) is 4.74 Å². The molecule has 0 spiro atoms. The van der Waals surface area contributed by atoms with Crippen molar-refractivity contribution in [1.29, 1.82) is 0 Å². The summed E-state index contributed by atoms with van der Waals surface area (Å²) in [5.41, 5.74) is 0.0482. The van der Waals surface area contributed by atoms with Gasteiger partial charge in [-0.25, -0.2) is 14.4 Å². The van der Waals surface area contributed by atoms with E-state index in [4.69, 9.17) is 4.74 Å². The molecule has 6 aliphatic heterocycles. The molecule has 8 fully saturated rings. The number of hydrogen-bond donors (Lipinski definition) is 3. The average Bonchev–Trinajstić information content (AvgIpc) is 3.18. The van der Waals surface area contributed by atoms with Gasteiger partial charge in [0.2, 0.25) is 0 Å². The summed E-state index contributed by atoms with van der Waals surface area (Å²) in [5.74, 6) is 1.33. The quantitative estimate of drug-likeness (QED) is 0.322. The van der Waals surface area contributed by atoms with E-state index in [0.717, 1.165) is 104 Å². The Bertz CT molecular complexity index is 1310. The third-order valence-corrected chi connectivity index (χ3v) is 15.4. The van der Waals surface area contributed by atoms with Crippen LogP contribution in [-0.4, -0.2) is 149 Å². The molecule has 2 saturated carbocycles. The molecule has 12 nitrogen and oxygen atoms in total. The number of piperidine rings is 4. The highest BCUT2D eigenvalue weighted by molar-refractivity contribution is 5.76. The van der Waals surface area contributed by atoms with E-state index in [1.54, 1.807) is 0 Å². The van der Waals surface area contributed by atoms with Crippen molar-refractivity contribution in [3.05, 3.63) is 0 Å². The van der Waals surface area contributed by atoms with Crippen molar-refractivity contribution in [2.24, 2.45) is 11.8 Å². The fourth-order valence-corrected chi connectivity index (χ4v) is 11.8. The lowest BCUT2D eigenvalue weighted by Gasteiger charge is -2.52. The first-order valence-electron chi connectivity index (χ1n) is 22.6. The highest BCUT2D eigenvalue weighted by Gasteiger charge is 2.46. The summed E-state index contributed by atoms with van der Waals surface area (Å²) >= 11 is 0. The van der Waals surface area contributed by atoms with Crippen molar-refractivity contribution < 1.29 is 19.1 Å². The molecular formula is C43H76N8O4. The maximum atomic E-state index is 12.7. The second-order valence-electron chi connectivity index (χ2n) is 20.1. The predicted octanol–water partition coefficient (Wildman–Crippen LogP) is 6.00. The van der Waals surface area contributed by atoms with Crippen LogP contribution in [0.5, 0.6) is 0 Å². The smallest absolute Gasteiger partial charge is 0.410 e. The van der Waals surface area contributed by atoms with E-state index in [0.29, 0.717) is 41.5 Å². The van der Waals surface area contributed by atoms with Crippen LogP contribution in [0, 0.1) is 11.8 Å². The van der Waals surface area contributed by atoms with Gasteiger partial charge >= 0.3 is 18.2 Å². The number of rotatable bonds is 4. The van der Waals surface area contributed by atoms with Crippen molar-refractivity contribution in [3.8, 4) is 0 Å². The highest BCUT2D eigenvalue weighted by atomic mass is 16.6. The van der Waals surface area contributed by atoms with E-state index >= 15 is 0 Å². The van der Waals surface area contributed by atoms with Gasteiger partial charge in [-0.05, 0) is 137 Å². The average molecular weight is 769 g/mol. The molecule has 312 valence electrons. The number of amides is 5. The number of nitrogens with one attached hydrogen (secondary N) is 3. The molecule has 6 saturated heterocycles. The van der Waals surface area contributed by atoms with Gasteiger partial charge < -0.3 is 35.4 Å². The number of ether oxygens (including phenoxy) is 1. The van der Waals surface area contributed by atoms with Gasteiger partial charge in [-0.15, -0.1) is 0 Å². The Hall–Kier alpha value is -2.31. The summed E-state index contributed by atoms with van der Waals surface area (Å²) in [5, 5.41) is 9.83. The molecule has 55 heavy (non-hydrogen) atoms. The first kappa shape index (κ1) is 40.9. The largest absolute Gasteiger partial charge is 0.444 e. The molecule has 0 bridgehead atoms. The molecule has 0 radical (unpaired) electrons. The fraction of sp³-hybridized carbons (Fsp3) is 0.930. The van der Waals surface area contributed by atoms with E-state index in [2.05, 4.69) is 49.4 Å². The zero-order chi connectivity index (χ0) is 38.8. The number of urea groups is 2. The lowest BCUT2D eigenvalue weighted by atomic mass is 9.80. The lowest BCUT2D eigenvalue weighted by molar-refractivity contribution is -0.0203. The third-order valence-electron chi connectivity index (χ3n) is 15.4. The summed E-state index contributed by atoms with van der Waals surface area (Å²) in [4.78, 5) is 49.4. The molecule has 0 aromatic rings. The first-order valence-corrected chi connectivity index (χ1v) is 22.6. The molecule has 0 aromatic carbocycles. The zero-order valence-corrected chi connectivity index (χ0v) is 35.2. The van der Waals surface area contributed by atoms with Crippen molar-refractivity contribution in [3.63, 3.8) is 0 Å². The molecule has 12 heteroatoms. The Morgan fingerprint density at radius 1 is 0.618 bits per heavy atom. The fourth-order valence-electron chi connectivity index (χ4n) is 11.8. The highest BCUT2D eigenvalue weighted by Crippen LogP contribution is 2.38. The van der Waals surface area contributed by atoms with Gasteiger partial charge in [0, 0.05) is 87.6 Å². The Morgan fingerprint density at radius 2 is 1.04 bits per heavy atom. The molecule has 5 amide bonds. The molecule has 8 aliphatic rings. The van der Waals surface area contributed by atoms with Crippen molar-refractivity contribution in [2.45, 2.75) is 178 Å². The first-order chi connectivity index (χ1) is 26.3. The Kier molecular flexibility index (Phi) is 12.8. The van der Waals surface area contributed by atoms with Crippen LogP contribution in [0.4, 0.5) is 14.4 Å². The number of carbonyl (C=O) groups excluding carboxylic acids is 3. The normalized spacial score (nSPS) is 32.6. The number of fused-ring (bicyclic) bond motifs is 2. The maximum absolute atomic E-state index is 12.7. The van der Waals surface area contributed by atoms with Gasteiger partial charge in [-0.2, -0.15) is 0 Å². The molecule has 0 aromatic heterocycles. The van der Waals surface area contributed by atoms with E-state index < -0.39 is 5.60 Å². The summed E-state index contributed by atoms with van der Waals surface area (Å²) in [7, 11) is 0. The Balaban J connectivity index is 0.000000174. The van der Waals surface area contributed by atoms with Crippen LogP contribution in [0.3, 0.4) is 0 Å². The predicted molar refractivity (Wildman–Crippen MR) is 217 cm³/mol. The van der Waals surface area contributed by atoms with Crippen molar-refractivity contribution >= 4 is 18.2 Å². The van der Waals surface area contributed by atoms with Crippen LogP contribution in [0.1, 0.15) is 137 Å². The van der Waals surface area contributed by atoms with E-state index in [1.165, 1.54) is 64.2 Å². The minimum atomic E-state index is -0.447. The Morgan fingerprint density at radius 3 is 1.47 bits per heavy atom. The second kappa shape index (κ2) is 17.3. The lowest BCUT2D eigenvalue weighted by Crippen LogP contribution is -2.64. The van der Waals surface area contributed by atoms with Crippen LogP contribution in [0.2, 0.25) is 0 Å². The Labute approximate surface area is 332 Å². The molecule has 3 N–H and O–H groups in total. The van der Waals surface area contributed by atoms with Gasteiger partial charge in [0.1, 0.15) is 5.60 Å². The summed E-state index contributed by atoms with van der Waals surface area (Å²) in [6.45, 7) is 20.5. The summed E-state index contributed by atoms with van der Waals surface area (Å²) < 4.78 is 5.56. The molecule has 4 atom stereocenters. The van der Waals surface area contributed by atoms with Crippen LogP contribution < -0.4 is 16.0 Å². The molecule has 8 rings (SSSR count). The molecular weight excluding hydrogens is 693 g/mol. The third kappa shape index (κ3) is 9.37. The van der Waals surface area contributed by atoms with Crippen molar-refractivity contribution in [2.75, 3.05) is 65.4 Å². The topological polar surface area (TPSA) is 113 Å². The van der Waals surface area contributed by atoms with E-state index in [1.807, 2.05) is 25.7 Å². The molecule has 2 aliphatic carbocycles. The molecule has 0 unspecified atom stereocenters. The van der Waals surface area contributed by atoms with Crippen LogP contribution in [0.25, 0.3) is 0 Å². The minimum absolute atomic E-state index is 0.126. The zero-order valence-electron chi connectivity index (χ0n) is 35.2. The second-order valence-corrected chi connectivity index (χ2v) is 20.1.